The molecule has 32 heavy (non-hydrogen) atoms. The number of hydrogen-bond donors (Lipinski definition) is 0. The van der Waals surface area contributed by atoms with Gasteiger partial charge in [0.25, 0.3) is 0 Å². The van der Waals surface area contributed by atoms with Gasteiger partial charge in [0.1, 0.15) is 5.82 Å². The van der Waals surface area contributed by atoms with Crippen LogP contribution in [0, 0.1) is 19.7 Å². The van der Waals surface area contributed by atoms with Crippen LogP contribution < -0.4 is 0 Å². The molecule has 3 heterocycles. The summed E-state index contributed by atoms with van der Waals surface area (Å²) in [6.45, 7) is 4.53. The standard InChI is InChI=1S/C26H22FN3O2/c1-17-12-18(2)14-19(13-17)26-30(25(29-32-26)24-8-5-11-31-24)16-20-15-28-10-9-21(20)22-6-3-4-7-23(22)27/h3-15,26H,16H2,1-2H3. The summed E-state index contributed by atoms with van der Waals surface area (Å²) in [5.74, 6) is 0.916. The van der Waals surface area contributed by atoms with Gasteiger partial charge in [-0.2, -0.15) is 0 Å². The van der Waals surface area contributed by atoms with Gasteiger partial charge in [0, 0.05) is 23.5 Å². The number of furan rings is 1. The summed E-state index contributed by atoms with van der Waals surface area (Å²) in [6, 6.07) is 18.5. The second-order valence-electron chi connectivity index (χ2n) is 7.91. The molecule has 5 rings (SSSR count). The van der Waals surface area contributed by atoms with Crippen molar-refractivity contribution in [3.8, 4) is 11.1 Å². The highest BCUT2D eigenvalue weighted by atomic mass is 19.1. The molecule has 1 aliphatic heterocycles. The Bertz CT molecular complexity index is 1260. The number of aromatic nitrogens is 1. The number of halogens is 1. The van der Waals surface area contributed by atoms with E-state index in [9.17, 15) is 4.39 Å². The van der Waals surface area contributed by atoms with E-state index in [1.807, 2.05) is 29.2 Å². The van der Waals surface area contributed by atoms with Gasteiger partial charge in [0.15, 0.2) is 5.76 Å². The Morgan fingerprint density at radius 1 is 0.969 bits per heavy atom. The zero-order valence-corrected chi connectivity index (χ0v) is 17.8. The van der Waals surface area contributed by atoms with E-state index in [2.05, 4.69) is 42.2 Å². The van der Waals surface area contributed by atoms with Crippen LogP contribution in [0.1, 0.15) is 34.2 Å². The van der Waals surface area contributed by atoms with Crippen molar-refractivity contribution in [1.29, 1.82) is 0 Å². The lowest BCUT2D eigenvalue weighted by atomic mass is 10.00. The zero-order valence-electron chi connectivity index (χ0n) is 17.8. The third kappa shape index (κ3) is 3.75. The number of pyridine rings is 1. The van der Waals surface area contributed by atoms with Crippen molar-refractivity contribution in [2.75, 3.05) is 0 Å². The lowest BCUT2D eigenvalue weighted by Crippen LogP contribution is -2.31. The van der Waals surface area contributed by atoms with Gasteiger partial charge in [-0.05, 0) is 49.2 Å². The summed E-state index contributed by atoms with van der Waals surface area (Å²) in [5.41, 5.74) is 5.44. The smallest absolute Gasteiger partial charge is 0.227 e. The molecule has 6 heteroatoms. The van der Waals surface area contributed by atoms with E-state index >= 15 is 0 Å². The molecule has 1 unspecified atom stereocenters. The van der Waals surface area contributed by atoms with Crippen LogP contribution in [0.5, 0.6) is 0 Å². The van der Waals surface area contributed by atoms with Crippen molar-refractivity contribution < 1.29 is 13.6 Å². The van der Waals surface area contributed by atoms with Gasteiger partial charge < -0.3 is 14.2 Å². The molecular formula is C26H22FN3O2. The SMILES string of the molecule is Cc1cc(C)cc(C2ON=C(c3ccco3)N2Cc2cnccc2-c2ccccc2F)c1. The van der Waals surface area contributed by atoms with E-state index in [0.717, 1.165) is 27.8 Å². The fourth-order valence-corrected chi connectivity index (χ4v) is 4.14. The first kappa shape index (κ1) is 20.0. The van der Waals surface area contributed by atoms with Crippen LogP contribution in [0.3, 0.4) is 0 Å². The quantitative estimate of drug-likeness (QED) is 0.393. The molecule has 0 spiro atoms. The summed E-state index contributed by atoms with van der Waals surface area (Å²) in [6.07, 6.45) is 4.60. The average Bonchev–Trinajstić information content (AvgIpc) is 3.44. The second kappa shape index (κ2) is 8.30. The predicted octanol–water partition coefficient (Wildman–Crippen LogP) is 5.99. The Balaban J connectivity index is 1.57. The number of benzene rings is 2. The van der Waals surface area contributed by atoms with Crippen LogP contribution in [-0.4, -0.2) is 15.7 Å². The third-order valence-electron chi connectivity index (χ3n) is 5.47. The van der Waals surface area contributed by atoms with Gasteiger partial charge in [-0.3, -0.25) is 4.98 Å². The van der Waals surface area contributed by atoms with Crippen molar-refractivity contribution >= 4 is 5.84 Å². The van der Waals surface area contributed by atoms with Gasteiger partial charge in [-0.25, -0.2) is 4.39 Å². The van der Waals surface area contributed by atoms with E-state index in [0.29, 0.717) is 23.7 Å². The first-order chi connectivity index (χ1) is 15.6. The highest BCUT2D eigenvalue weighted by Crippen LogP contribution is 2.35. The lowest BCUT2D eigenvalue weighted by molar-refractivity contribution is 0.00568. The number of nitrogens with zero attached hydrogens (tertiary/aromatic N) is 3. The van der Waals surface area contributed by atoms with Crippen molar-refractivity contribution in [2.45, 2.75) is 26.6 Å². The predicted molar refractivity (Wildman–Crippen MR) is 120 cm³/mol. The van der Waals surface area contributed by atoms with Crippen LogP contribution in [0.4, 0.5) is 4.39 Å². The largest absolute Gasteiger partial charge is 0.461 e. The topological polar surface area (TPSA) is 50.9 Å². The Morgan fingerprint density at radius 2 is 1.78 bits per heavy atom. The fourth-order valence-electron chi connectivity index (χ4n) is 4.14. The van der Waals surface area contributed by atoms with Crippen molar-refractivity contribution in [3.05, 3.63) is 113 Å². The van der Waals surface area contributed by atoms with E-state index < -0.39 is 6.23 Å². The van der Waals surface area contributed by atoms with Crippen LogP contribution in [0.2, 0.25) is 0 Å². The van der Waals surface area contributed by atoms with E-state index in [-0.39, 0.29) is 5.82 Å². The van der Waals surface area contributed by atoms with Crippen LogP contribution >= 0.6 is 0 Å². The van der Waals surface area contributed by atoms with Gasteiger partial charge in [-0.15, -0.1) is 0 Å². The molecule has 0 fully saturated rings. The first-order valence-electron chi connectivity index (χ1n) is 10.4. The summed E-state index contributed by atoms with van der Waals surface area (Å²) in [5, 5.41) is 4.35. The molecule has 0 bridgehead atoms. The number of amidine groups is 1. The highest BCUT2D eigenvalue weighted by molar-refractivity contribution is 5.97. The maximum absolute atomic E-state index is 14.6. The molecule has 0 aliphatic carbocycles. The first-order valence-corrected chi connectivity index (χ1v) is 10.4. The van der Waals surface area contributed by atoms with Gasteiger partial charge in [-0.1, -0.05) is 52.7 Å². The monoisotopic (exact) mass is 427 g/mol. The molecule has 0 saturated heterocycles. The van der Waals surface area contributed by atoms with E-state index in [1.165, 1.54) is 6.07 Å². The van der Waals surface area contributed by atoms with Gasteiger partial charge in [0.05, 0.1) is 12.8 Å². The van der Waals surface area contributed by atoms with Crippen LogP contribution in [-0.2, 0) is 11.4 Å². The molecule has 5 nitrogen and oxygen atoms in total. The van der Waals surface area contributed by atoms with Gasteiger partial charge in [0.2, 0.25) is 12.1 Å². The van der Waals surface area contributed by atoms with Gasteiger partial charge >= 0.3 is 0 Å². The fraction of sp³-hybridized carbons (Fsp3) is 0.154. The minimum Gasteiger partial charge on any atom is -0.461 e. The second-order valence-corrected chi connectivity index (χ2v) is 7.91. The lowest BCUT2D eigenvalue weighted by Gasteiger charge is -2.26. The molecular weight excluding hydrogens is 405 g/mol. The van der Waals surface area contributed by atoms with Crippen molar-refractivity contribution in [1.82, 2.24) is 9.88 Å². The third-order valence-corrected chi connectivity index (χ3v) is 5.47. The Kier molecular flexibility index (Phi) is 5.19. The molecule has 2 aromatic heterocycles. The number of hydrogen-bond acceptors (Lipinski definition) is 5. The van der Waals surface area contributed by atoms with E-state index in [4.69, 9.17) is 9.25 Å². The number of oxime groups is 1. The summed E-state index contributed by atoms with van der Waals surface area (Å²) in [4.78, 5) is 12.2. The molecule has 0 saturated carbocycles. The average molecular weight is 427 g/mol. The zero-order chi connectivity index (χ0) is 22.1. The summed E-state index contributed by atoms with van der Waals surface area (Å²) < 4.78 is 20.2. The minimum absolute atomic E-state index is 0.275. The highest BCUT2D eigenvalue weighted by Gasteiger charge is 2.34. The molecule has 0 N–H and O–H groups in total. The maximum atomic E-state index is 14.6. The van der Waals surface area contributed by atoms with E-state index in [1.54, 1.807) is 30.8 Å². The number of aryl methyl sites for hydroxylation is 2. The molecule has 4 aromatic rings. The molecule has 1 atom stereocenters. The number of rotatable bonds is 5. The Morgan fingerprint density at radius 3 is 2.53 bits per heavy atom. The summed E-state index contributed by atoms with van der Waals surface area (Å²) in [7, 11) is 0. The maximum Gasteiger partial charge on any atom is 0.227 e. The Labute approximate surface area is 185 Å². The van der Waals surface area contributed by atoms with Crippen LogP contribution in [0.25, 0.3) is 11.1 Å². The molecule has 0 radical (unpaired) electrons. The normalized spacial score (nSPS) is 15.5. The van der Waals surface area contributed by atoms with Crippen molar-refractivity contribution in [2.24, 2.45) is 5.16 Å². The van der Waals surface area contributed by atoms with Crippen LogP contribution in [0.15, 0.2) is 88.9 Å². The Hall–Kier alpha value is -3.93. The molecule has 160 valence electrons. The minimum atomic E-state index is -0.442. The molecule has 0 amide bonds. The van der Waals surface area contributed by atoms with Crippen molar-refractivity contribution in [3.63, 3.8) is 0 Å². The molecule has 1 aliphatic rings. The molecule has 2 aromatic carbocycles. The summed E-state index contributed by atoms with van der Waals surface area (Å²) >= 11 is 0.